The van der Waals surface area contributed by atoms with Gasteiger partial charge in [-0.3, -0.25) is 0 Å². The zero-order valence-electron chi connectivity index (χ0n) is 10.1. The summed E-state index contributed by atoms with van der Waals surface area (Å²) in [6, 6.07) is 6.06. The largest absolute Gasteiger partial charge is 0.493 e. The summed E-state index contributed by atoms with van der Waals surface area (Å²) < 4.78 is 11.2. The normalized spacial score (nSPS) is 28.8. The molecule has 2 aliphatic rings. The molecule has 2 heterocycles. The maximum Gasteiger partial charge on any atom is 0.128 e. The molecular formula is C14H18O3. The van der Waals surface area contributed by atoms with Gasteiger partial charge in [-0.25, -0.2) is 0 Å². The van der Waals surface area contributed by atoms with Gasteiger partial charge in [0.25, 0.3) is 0 Å². The Kier molecular flexibility index (Phi) is 2.81. The standard InChI is InChI=1S/C14H18O3/c1-9-11(6-8-16-9)13(15)12-4-2-3-10-5-7-17-14(10)12/h2-4,9,11,13,15H,5-8H2,1H3. The molecule has 0 saturated carbocycles. The fraction of sp³-hybridized carbons (Fsp3) is 0.571. The van der Waals surface area contributed by atoms with Crippen LogP contribution in [-0.4, -0.2) is 24.4 Å². The van der Waals surface area contributed by atoms with E-state index in [4.69, 9.17) is 9.47 Å². The molecule has 3 rings (SSSR count). The van der Waals surface area contributed by atoms with E-state index in [1.165, 1.54) is 5.56 Å². The van der Waals surface area contributed by atoms with Crippen molar-refractivity contribution in [2.24, 2.45) is 5.92 Å². The van der Waals surface area contributed by atoms with Crippen LogP contribution in [0.2, 0.25) is 0 Å². The smallest absolute Gasteiger partial charge is 0.128 e. The molecule has 1 N–H and O–H groups in total. The van der Waals surface area contributed by atoms with Gasteiger partial charge < -0.3 is 14.6 Å². The van der Waals surface area contributed by atoms with Crippen molar-refractivity contribution in [3.63, 3.8) is 0 Å². The fourth-order valence-electron chi connectivity index (χ4n) is 2.87. The molecule has 0 amide bonds. The maximum absolute atomic E-state index is 10.5. The highest BCUT2D eigenvalue weighted by molar-refractivity contribution is 5.45. The van der Waals surface area contributed by atoms with Crippen LogP contribution in [0.15, 0.2) is 18.2 Å². The Bertz CT molecular complexity index is 416. The molecule has 1 aromatic rings. The zero-order chi connectivity index (χ0) is 11.8. The average molecular weight is 234 g/mol. The predicted molar refractivity (Wildman–Crippen MR) is 64.1 cm³/mol. The lowest BCUT2D eigenvalue weighted by Gasteiger charge is -2.22. The highest BCUT2D eigenvalue weighted by Crippen LogP contribution is 2.40. The van der Waals surface area contributed by atoms with Crippen molar-refractivity contribution < 1.29 is 14.6 Å². The predicted octanol–water partition coefficient (Wildman–Crippen LogP) is 2.08. The van der Waals surface area contributed by atoms with Gasteiger partial charge in [-0.2, -0.15) is 0 Å². The first-order valence-corrected chi connectivity index (χ1v) is 6.31. The Morgan fingerprint density at radius 1 is 1.35 bits per heavy atom. The van der Waals surface area contributed by atoms with Gasteiger partial charge in [0.15, 0.2) is 0 Å². The van der Waals surface area contributed by atoms with Crippen LogP contribution in [0.3, 0.4) is 0 Å². The zero-order valence-corrected chi connectivity index (χ0v) is 10.1. The van der Waals surface area contributed by atoms with Gasteiger partial charge in [0, 0.05) is 24.5 Å². The van der Waals surface area contributed by atoms with Crippen LogP contribution in [0.25, 0.3) is 0 Å². The van der Waals surface area contributed by atoms with Gasteiger partial charge in [-0.05, 0) is 18.9 Å². The number of para-hydroxylation sites is 1. The Hall–Kier alpha value is -1.06. The van der Waals surface area contributed by atoms with Crippen LogP contribution >= 0.6 is 0 Å². The quantitative estimate of drug-likeness (QED) is 0.851. The number of hydrogen-bond donors (Lipinski definition) is 1. The van der Waals surface area contributed by atoms with Crippen LogP contribution in [0.5, 0.6) is 5.75 Å². The van der Waals surface area contributed by atoms with Crippen LogP contribution in [0, 0.1) is 5.92 Å². The molecule has 2 aliphatic heterocycles. The van der Waals surface area contributed by atoms with Crippen LogP contribution in [0.1, 0.15) is 30.6 Å². The molecule has 0 aromatic heterocycles. The third-order valence-electron chi connectivity index (χ3n) is 3.90. The Morgan fingerprint density at radius 3 is 3.00 bits per heavy atom. The first-order valence-electron chi connectivity index (χ1n) is 6.31. The number of ether oxygens (including phenoxy) is 2. The van der Waals surface area contributed by atoms with Gasteiger partial charge in [-0.15, -0.1) is 0 Å². The van der Waals surface area contributed by atoms with Crippen molar-refractivity contribution in [3.8, 4) is 5.75 Å². The van der Waals surface area contributed by atoms with E-state index in [2.05, 4.69) is 6.07 Å². The highest BCUT2D eigenvalue weighted by Gasteiger charge is 2.34. The lowest BCUT2D eigenvalue weighted by atomic mass is 9.89. The van der Waals surface area contributed by atoms with E-state index >= 15 is 0 Å². The summed E-state index contributed by atoms with van der Waals surface area (Å²) in [5, 5.41) is 10.5. The molecule has 1 fully saturated rings. The summed E-state index contributed by atoms with van der Waals surface area (Å²) in [5.41, 5.74) is 2.15. The molecule has 3 unspecified atom stereocenters. The van der Waals surface area contributed by atoms with E-state index in [-0.39, 0.29) is 12.0 Å². The Labute approximate surface area is 101 Å². The molecule has 3 atom stereocenters. The van der Waals surface area contributed by atoms with E-state index < -0.39 is 6.10 Å². The Morgan fingerprint density at radius 2 is 2.24 bits per heavy atom. The molecule has 92 valence electrons. The fourth-order valence-corrected chi connectivity index (χ4v) is 2.87. The Balaban J connectivity index is 1.91. The van der Waals surface area contributed by atoms with Crippen molar-refractivity contribution in [3.05, 3.63) is 29.3 Å². The molecule has 3 nitrogen and oxygen atoms in total. The maximum atomic E-state index is 10.5. The summed E-state index contributed by atoms with van der Waals surface area (Å²) in [6.45, 7) is 3.51. The molecule has 0 aliphatic carbocycles. The lowest BCUT2D eigenvalue weighted by Crippen LogP contribution is -2.20. The summed E-state index contributed by atoms with van der Waals surface area (Å²) in [5.74, 6) is 1.09. The SMILES string of the molecule is CC1OCCC1C(O)c1cccc2c1OCC2. The van der Waals surface area contributed by atoms with E-state index in [0.29, 0.717) is 0 Å². The minimum Gasteiger partial charge on any atom is -0.493 e. The molecule has 17 heavy (non-hydrogen) atoms. The molecular weight excluding hydrogens is 216 g/mol. The second kappa shape index (κ2) is 4.31. The lowest BCUT2D eigenvalue weighted by molar-refractivity contribution is 0.0420. The van der Waals surface area contributed by atoms with Crippen LogP contribution in [-0.2, 0) is 11.2 Å². The van der Waals surface area contributed by atoms with E-state index in [0.717, 1.165) is 37.4 Å². The van der Waals surface area contributed by atoms with Gasteiger partial charge in [0.1, 0.15) is 5.75 Å². The minimum absolute atomic E-state index is 0.127. The summed E-state index contributed by atoms with van der Waals surface area (Å²) in [4.78, 5) is 0. The minimum atomic E-state index is -0.472. The number of fused-ring (bicyclic) bond motifs is 1. The van der Waals surface area contributed by atoms with Crippen molar-refractivity contribution in [1.29, 1.82) is 0 Å². The van der Waals surface area contributed by atoms with Crippen molar-refractivity contribution >= 4 is 0 Å². The molecule has 0 spiro atoms. The van der Waals surface area contributed by atoms with Gasteiger partial charge in [0.2, 0.25) is 0 Å². The molecule has 1 aromatic carbocycles. The van der Waals surface area contributed by atoms with Gasteiger partial charge in [-0.1, -0.05) is 18.2 Å². The van der Waals surface area contributed by atoms with E-state index in [9.17, 15) is 5.11 Å². The van der Waals surface area contributed by atoms with Crippen LogP contribution < -0.4 is 4.74 Å². The molecule has 0 radical (unpaired) electrons. The monoisotopic (exact) mass is 234 g/mol. The number of rotatable bonds is 2. The van der Waals surface area contributed by atoms with E-state index in [1.54, 1.807) is 0 Å². The highest BCUT2D eigenvalue weighted by atomic mass is 16.5. The summed E-state index contributed by atoms with van der Waals surface area (Å²) in [7, 11) is 0. The average Bonchev–Trinajstić information content (AvgIpc) is 2.95. The number of aliphatic hydroxyl groups excluding tert-OH is 1. The van der Waals surface area contributed by atoms with Crippen molar-refractivity contribution in [2.45, 2.75) is 32.0 Å². The third kappa shape index (κ3) is 1.83. The first-order chi connectivity index (χ1) is 8.27. The number of hydrogen-bond acceptors (Lipinski definition) is 3. The molecule has 0 bridgehead atoms. The van der Waals surface area contributed by atoms with Gasteiger partial charge >= 0.3 is 0 Å². The summed E-state index contributed by atoms with van der Waals surface area (Å²) in [6.07, 6.45) is 1.53. The van der Waals surface area contributed by atoms with Crippen molar-refractivity contribution in [2.75, 3.05) is 13.2 Å². The summed E-state index contributed by atoms with van der Waals surface area (Å²) >= 11 is 0. The second-order valence-electron chi connectivity index (χ2n) is 4.91. The topological polar surface area (TPSA) is 38.7 Å². The van der Waals surface area contributed by atoms with Crippen LogP contribution in [0.4, 0.5) is 0 Å². The molecule has 3 heteroatoms. The first kappa shape index (κ1) is 11.1. The van der Waals surface area contributed by atoms with Crippen molar-refractivity contribution in [1.82, 2.24) is 0 Å². The number of benzene rings is 1. The van der Waals surface area contributed by atoms with Gasteiger partial charge in [0.05, 0.1) is 18.8 Å². The van der Waals surface area contributed by atoms with E-state index in [1.807, 2.05) is 19.1 Å². The third-order valence-corrected chi connectivity index (χ3v) is 3.90. The molecule has 1 saturated heterocycles. The number of aliphatic hydroxyl groups is 1. The second-order valence-corrected chi connectivity index (χ2v) is 4.91.